The van der Waals surface area contributed by atoms with Gasteiger partial charge in [-0.3, -0.25) is 0 Å². The van der Waals surface area contributed by atoms with E-state index < -0.39 is 0 Å². The zero-order valence-corrected chi connectivity index (χ0v) is 11.9. The molecule has 1 saturated carbocycles. The predicted octanol–water partition coefficient (Wildman–Crippen LogP) is 3.60. The summed E-state index contributed by atoms with van der Waals surface area (Å²) in [6.45, 7) is 4.52. The molecule has 2 N–H and O–H groups in total. The van der Waals surface area contributed by atoms with Gasteiger partial charge in [0.05, 0.1) is 0 Å². The molecule has 0 radical (unpaired) electrons. The second-order valence-electron chi connectivity index (χ2n) is 5.18. The molecule has 0 aromatic heterocycles. The van der Waals surface area contributed by atoms with Crippen molar-refractivity contribution in [3.63, 3.8) is 0 Å². The van der Waals surface area contributed by atoms with E-state index in [0.717, 1.165) is 29.6 Å². The molecule has 1 fully saturated rings. The van der Waals surface area contributed by atoms with Crippen molar-refractivity contribution in [1.29, 1.82) is 0 Å². The fourth-order valence-electron chi connectivity index (χ4n) is 2.44. The highest BCUT2D eigenvalue weighted by Crippen LogP contribution is 2.29. The number of hydrogen-bond donors (Lipinski definition) is 1. The molecule has 0 heterocycles. The van der Waals surface area contributed by atoms with Gasteiger partial charge in [0, 0.05) is 23.7 Å². The summed E-state index contributed by atoms with van der Waals surface area (Å²) in [5.41, 5.74) is 7.33. The Kier molecular flexibility index (Phi) is 5.04. The summed E-state index contributed by atoms with van der Waals surface area (Å²) in [5.74, 6) is 0. The van der Waals surface area contributed by atoms with Gasteiger partial charge in [-0.25, -0.2) is 0 Å². The minimum atomic E-state index is 0.0526. The summed E-state index contributed by atoms with van der Waals surface area (Å²) in [7, 11) is 0. The molecule has 1 unspecified atom stereocenters. The van der Waals surface area contributed by atoms with Crippen LogP contribution in [0.4, 0.5) is 0 Å². The number of nitrogens with zero attached hydrogens (tertiary/aromatic N) is 1. The van der Waals surface area contributed by atoms with Crippen LogP contribution in [0.1, 0.15) is 44.2 Å². The summed E-state index contributed by atoms with van der Waals surface area (Å²) in [6, 6.07) is 8.79. The van der Waals surface area contributed by atoms with E-state index in [2.05, 4.69) is 11.8 Å². The largest absolute Gasteiger partial charge is 0.324 e. The lowest BCUT2D eigenvalue weighted by molar-refractivity contribution is 0.253. The Balaban J connectivity index is 1.87. The van der Waals surface area contributed by atoms with Crippen LogP contribution in [0.3, 0.4) is 0 Å². The topological polar surface area (TPSA) is 29.3 Å². The molecule has 100 valence electrons. The lowest BCUT2D eigenvalue weighted by atomic mass is 10.0. The maximum atomic E-state index is 6.25. The van der Waals surface area contributed by atoms with Crippen molar-refractivity contribution in [1.82, 2.24) is 4.90 Å². The van der Waals surface area contributed by atoms with Crippen LogP contribution in [0.2, 0.25) is 5.02 Å². The molecule has 1 atom stereocenters. The highest BCUT2D eigenvalue weighted by atomic mass is 35.5. The molecule has 2 nitrogen and oxygen atoms in total. The molecular formula is C15H23ClN2. The average molecular weight is 267 g/mol. The fourth-order valence-corrected chi connectivity index (χ4v) is 2.72. The summed E-state index contributed by atoms with van der Waals surface area (Å²) >= 11 is 6.18. The van der Waals surface area contributed by atoms with Gasteiger partial charge in [-0.1, -0.05) is 36.7 Å². The second-order valence-corrected chi connectivity index (χ2v) is 5.59. The third kappa shape index (κ3) is 3.71. The van der Waals surface area contributed by atoms with Crippen LogP contribution in [0, 0.1) is 0 Å². The smallest absolute Gasteiger partial charge is 0.0453 e. The first-order valence-corrected chi connectivity index (χ1v) is 7.34. The number of halogens is 1. The Labute approximate surface area is 115 Å². The third-order valence-electron chi connectivity index (χ3n) is 3.61. The van der Waals surface area contributed by atoms with Crippen molar-refractivity contribution in [2.24, 2.45) is 5.73 Å². The molecule has 0 aliphatic heterocycles. The predicted molar refractivity (Wildman–Crippen MR) is 77.9 cm³/mol. The van der Waals surface area contributed by atoms with Gasteiger partial charge in [-0.15, -0.1) is 0 Å². The van der Waals surface area contributed by atoms with E-state index in [4.69, 9.17) is 17.3 Å². The summed E-state index contributed by atoms with van der Waals surface area (Å²) in [5, 5.41) is 0.790. The zero-order chi connectivity index (χ0) is 13.0. The van der Waals surface area contributed by atoms with Crippen LogP contribution in [0.15, 0.2) is 24.3 Å². The Hall–Kier alpha value is -0.570. The van der Waals surface area contributed by atoms with Gasteiger partial charge in [-0.2, -0.15) is 0 Å². The van der Waals surface area contributed by atoms with Gasteiger partial charge in [0.15, 0.2) is 0 Å². The lowest BCUT2D eigenvalue weighted by Crippen LogP contribution is -2.30. The molecule has 0 amide bonds. The van der Waals surface area contributed by atoms with Gasteiger partial charge in [-0.05, 0) is 43.9 Å². The molecule has 3 heteroatoms. The molecule has 18 heavy (non-hydrogen) atoms. The molecule has 0 bridgehead atoms. The highest BCUT2D eigenvalue weighted by Gasteiger charge is 2.28. The standard InChI is InChI=1S/C15H23ClN2/c1-2-10-18(12-7-8-12)11-9-15(17)13-5-3-4-6-14(13)16/h3-6,12,15H,2,7-11,17H2,1H3. The van der Waals surface area contributed by atoms with Crippen LogP contribution in [-0.2, 0) is 0 Å². The van der Waals surface area contributed by atoms with Crippen LogP contribution in [-0.4, -0.2) is 24.0 Å². The Morgan fingerprint density at radius 2 is 2.06 bits per heavy atom. The van der Waals surface area contributed by atoms with E-state index in [1.165, 1.54) is 25.8 Å². The number of nitrogens with two attached hydrogens (primary N) is 1. The van der Waals surface area contributed by atoms with Gasteiger partial charge >= 0.3 is 0 Å². The molecule has 0 saturated heterocycles. The Morgan fingerprint density at radius 3 is 2.67 bits per heavy atom. The van der Waals surface area contributed by atoms with Crippen LogP contribution >= 0.6 is 11.6 Å². The van der Waals surface area contributed by atoms with Crippen LogP contribution in [0.25, 0.3) is 0 Å². The highest BCUT2D eigenvalue weighted by molar-refractivity contribution is 6.31. The maximum Gasteiger partial charge on any atom is 0.0453 e. The normalized spacial score (nSPS) is 17.1. The van der Waals surface area contributed by atoms with Crippen molar-refractivity contribution >= 4 is 11.6 Å². The number of hydrogen-bond acceptors (Lipinski definition) is 2. The first-order valence-electron chi connectivity index (χ1n) is 6.96. The minimum Gasteiger partial charge on any atom is -0.324 e. The molecule has 0 spiro atoms. The third-order valence-corrected chi connectivity index (χ3v) is 3.95. The summed E-state index contributed by atoms with van der Waals surface area (Å²) < 4.78 is 0. The molecular weight excluding hydrogens is 244 g/mol. The monoisotopic (exact) mass is 266 g/mol. The molecule has 1 aliphatic carbocycles. The maximum absolute atomic E-state index is 6.25. The van der Waals surface area contributed by atoms with Crippen LogP contribution < -0.4 is 5.73 Å². The van der Waals surface area contributed by atoms with E-state index in [1.54, 1.807) is 0 Å². The Bertz CT molecular complexity index is 377. The lowest BCUT2D eigenvalue weighted by Gasteiger charge is -2.23. The van der Waals surface area contributed by atoms with E-state index in [-0.39, 0.29) is 6.04 Å². The first kappa shape index (κ1) is 13.9. The van der Waals surface area contributed by atoms with Crippen molar-refractivity contribution in [3.05, 3.63) is 34.9 Å². The van der Waals surface area contributed by atoms with Crippen LogP contribution in [0.5, 0.6) is 0 Å². The molecule has 1 aromatic rings. The quantitative estimate of drug-likeness (QED) is 0.817. The summed E-state index contributed by atoms with van der Waals surface area (Å²) in [4.78, 5) is 2.58. The molecule has 2 rings (SSSR count). The first-order chi connectivity index (χ1) is 8.72. The summed E-state index contributed by atoms with van der Waals surface area (Å²) in [6.07, 6.45) is 4.93. The van der Waals surface area contributed by atoms with Gasteiger partial charge in [0.25, 0.3) is 0 Å². The fraction of sp³-hybridized carbons (Fsp3) is 0.600. The Morgan fingerprint density at radius 1 is 1.33 bits per heavy atom. The van der Waals surface area contributed by atoms with Gasteiger partial charge < -0.3 is 10.6 Å². The SMILES string of the molecule is CCCN(CCC(N)c1ccccc1Cl)C1CC1. The number of benzene rings is 1. The average Bonchev–Trinajstić information content (AvgIpc) is 3.19. The van der Waals surface area contributed by atoms with E-state index in [0.29, 0.717) is 0 Å². The zero-order valence-electron chi connectivity index (χ0n) is 11.1. The molecule has 1 aromatic carbocycles. The van der Waals surface area contributed by atoms with Crippen molar-refractivity contribution in [2.75, 3.05) is 13.1 Å². The van der Waals surface area contributed by atoms with Gasteiger partial charge in [0.1, 0.15) is 0 Å². The van der Waals surface area contributed by atoms with Gasteiger partial charge in [0.2, 0.25) is 0 Å². The van der Waals surface area contributed by atoms with E-state index in [1.807, 2.05) is 24.3 Å². The number of rotatable bonds is 7. The van der Waals surface area contributed by atoms with E-state index >= 15 is 0 Å². The van der Waals surface area contributed by atoms with Crippen molar-refractivity contribution in [2.45, 2.75) is 44.7 Å². The van der Waals surface area contributed by atoms with Crippen molar-refractivity contribution < 1.29 is 0 Å². The van der Waals surface area contributed by atoms with Crippen molar-refractivity contribution in [3.8, 4) is 0 Å². The second kappa shape index (κ2) is 6.55. The minimum absolute atomic E-state index is 0.0526. The molecule has 1 aliphatic rings. The van der Waals surface area contributed by atoms with E-state index in [9.17, 15) is 0 Å².